The number of carbonyl (C=O) groups is 1. The molecule has 0 unspecified atom stereocenters. The van der Waals surface area contributed by atoms with Crippen LogP contribution in [0.25, 0.3) is 0 Å². The van der Waals surface area contributed by atoms with Gasteiger partial charge in [-0.05, 0) is 37.5 Å². The zero-order valence-electron chi connectivity index (χ0n) is 13.8. The predicted octanol–water partition coefficient (Wildman–Crippen LogP) is 3.18. The zero-order valence-corrected chi connectivity index (χ0v) is 14.6. The summed E-state index contributed by atoms with van der Waals surface area (Å²) in [5, 5.41) is 4.00. The SMILES string of the molecule is Cc1nc(Cc2ccc(F)cc2)sc1C(=O)NC1(CN)CCCC1. The Morgan fingerprint density at radius 1 is 1.33 bits per heavy atom. The summed E-state index contributed by atoms with van der Waals surface area (Å²) >= 11 is 1.40. The molecule has 0 aliphatic heterocycles. The number of hydrogen-bond donors (Lipinski definition) is 2. The minimum atomic E-state index is -0.259. The van der Waals surface area contributed by atoms with Crippen LogP contribution < -0.4 is 11.1 Å². The van der Waals surface area contributed by atoms with Gasteiger partial charge in [0.1, 0.15) is 10.7 Å². The lowest BCUT2D eigenvalue weighted by atomic mass is 9.98. The van der Waals surface area contributed by atoms with Crippen LogP contribution in [0.15, 0.2) is 24.3 Å². The average Bonchev–Trinajstić information content (AvgIpc) is 3.17. The van der Waals surface area contributed by atoms with Crippen molar-refractivity contribution >= 4 is 17.2 Å². The van der Waals surface area contributed by atoms with Crippen LogP contribution in [0, 0.1) is 12.7 Å². The van der Waals surface area contributed by atoms with Gasteiger partial charge in [0.15, 0.2) is 0 Å². The highest BCUT2D eigenvalue weighted by Gasteiger charge is 2.34. The molecule has 6 heteroatoms. The van der Waals surface area contributed by atoms with E-state index in [2.05, 4.69) is 10.3 Å². The predicted molar refractivity (Wildman–Crippen MR) is 93.8 cm³/mol. The third-order valence-corrected chi connectivity index (χ3v) is 5.80. The summed E-state index contributed by atoms with van der Waals surface area (Å²) in [7, 11) is 0. The fraction of sp³-hybridized carbons (Fsp3) is 0.444. The lowest BCUT2D eigenvalue weighted by Gasteiger charge is -2.28. The van der Waals surface area contributed by atoms with E-state index in [1.54, 1.807) is 12.1 Å². The van der Waals surface area contributed by atoms with E-state index < -0.39 is 0 Å². The molecule has 0 radical (unpaired) electrons. The maximum absolute atomic E-state index is 13.0. The molecule has 0 saturated heterocycles. The maximum atomic E-state index is 13.0. The van der Waals surface area contributed by atoms with Crippen LogP contribution in [0.2, 0.25) is 0 Å². The third kappa shape index (κ3) is 3.65. The summed E-state index contributed by atoms with van der Waals surface area (Å²) in [6.07, 6.45) is 4.69. The number of nitrogens with zero attached hydrogens (tertiary/aromatic N) is 1. The van der Waals surface area contributed by atoms with Gasteiger partial charge in [-0.25, -0.2) is 9.37 Å². The Bertz CT molecular complexity index is 720. The highest BCUT2D eigenvalue weighted by Crippen LogP contribution is 2.30. The van der Waals surface area contributed by atoms with Gasteiger partial charge < -0.3 is 11.1 Å². The Morgan fingerprint density at radius 3 is 2.62 bits per heavy atom. The van der Waals surface area contributed by atoms with E-state index in [9.17, 15) is 9.18 Å². The Morgan fingerprint density at radius 2 is 2.00 bits per heavy atom. The first kappa shape index (κ1) is 17.0. The highest BCUT2D eigenvalue weighted by molar-refractivity contribution is 7.13. The number of benzene rings is 1. The van der Waals surface area contributed by atoms with Crippen molar-refractivity contribution in [2.75, 3.05) is 6.54 Å². The molecule has 1 amide bonds. The summed E-state index contributed by atoms with van der Waals surface area (Å²) in [4.78, 5) is 17.8. The summed E-state index contributed by atoms with van der Waals surface area (Å²) in [6, 6.07) is 6.37. The molecule has 3 rings (SSSR count). The van der Waals surface area contributed by atoms with Gasteiger partial charge in [-0.2, -0.15) is 0 Å². The first-order chi connectivity index (χ1) is 11.5. The van der Waals surface area contributed by atoms with Gasteiger partial charge in [0.25, 0.3) is 5.91 Å². The van der Waals surface area contributed by atoms with E-state index in [4.69, 9.17) is 5.73 Å². The molecule has 1 saturated carbocycles. The van der Waals surface area contributed by atoms with Crippen LogP contribution in [-0.2, 0) is 6.42 Å². The topological polar surface area (TPSA) is 68.0 Å². The van der Waals surface area contributed by atoms with Gasteiger partial charge >= 0.3 is 0 Å². The molecule has 2 aromatic rings. The molecule has 1 aromatic heterocycles. The number of nitrogens with two attached hydrogens (primary N) is 1. The van der Waals surface area contributed by atoms with Crippen LogP contribution in [0.4, 0.5) is 4.39 Å². The number of hydrogen-bond acceptors (Lipinski definition) is 4. The molecule has 1 fully saturated rings. The van der Waals surface area contributed by atoms with E-state index in [0.717, 1.165) is 41.9 Å². The van der Waals surface area contributed by atoms with Crippen molar-refractivity contribution < 1.29 is 9.18 Å². The number of aryl methyl sites for hydroxylation is 1. The van der Waals surface area contributed by atoms with Crippen LogP contribution in [0.1, 0.15) is 51.6 Å². The fourth-order valence-corrected chi connectivity index (χ4v) is 4.24. The van der Waals surface area contributed by atoms with Gasteiger partial charge in [0.2, 0.25) is 0 Å². The van der Waals surface area contributed by atoms with Crippen molar-refractivity contribution in [3.63, 3.8) is 0 Å². The van der Waals surface area contributed by atoms with Crippen molar-refractivity contribution in [3.8, 4) is 0 Å². The Labute approximate surface area is 145 Å². The Kier molecular flexibility index (Phi) is 4.96. The average molecular weight is 347 g/mol. The summed E-state index contributed by atoms with van der Waals surface area (Å²) in [5.41, 5.74) is 7.35. The number of amides is 1. The molecule has 0 atom stereocenters. The van der Waals surface area contributed by atoms with Gasteiger partial charge in [-0.3, -0.25) is 4.79 Å². The second-order valence-corrected chi connectivity index (χ2v) is 7.55. The van der Waals surface area contributed by atoms with E-state index in [1.807, 2.05) is 6.92 Å². The second-order valence-electron chi connectivity index (χ2n) is 6.47. The molecule has 0 spiro atoms. The van der Waals surface area contributed by atoms with Crippen molar-refractivity contribution in [1.82, 2.24) is 10.3 Å². The summed E-state index contributed by atoms with van der Waals surface area (Å²) in [6.45, 7) is 2.32. The molecule has 1 heterocycles. The smallest absolute Gasteiger partial charge is 0.263 e. The molecule has 1 aliphatic carbocycles. The van der Waals surface area contributed by atoms with Crippen LogP contribution >= 0.6 is 11.3 Å². The van der Waals surface area contributed by atoms with Gasteiger partial charge in [0, 0.05) is 13.0 Å². The monoisotopic (exact) mass is 347 g/mol. The maximum Gasteiger partial charge on any atom is 0.263 e. The fourth-order valence-electron chi connectivity index (χ4n) is 3.24. The molecule has 1 aromatic carbocycles. The lowest BCUT2D eigenvalue weighted by molar-refractivity contribution is 0.0906. The van der Waals surface area contributed by atoms with Crippen molar-refractivity contribution in [2.45, 2.75) is 44.6 Å². The van der Waals surface area contributed by atoms with E-state index in [1.165, 1.54) is 23.5 Å². The molecular formula is C18H22FN3OS. The number of aromatic nitrogens is 1. The number of thiazole rings is 1. The number of halogens is 1. The molecule has 1 aliphatic rings. The minimum absolute atomic E-state index is 0.0808. The largest absolute Gasteiger partial charge is 0.345 e. The highest BCUT2D eigenvalue weighted by atomic mass is 32.1. The Hall–Kier alpha value is -1.79. The van der Waals surface area contributed by atoms with Gasteiger partial charge in [0.05, 0.1) is 16.2 Å². The third-order valence-electron chi connectivity index (χ3n) is 4.65. The van der Waals surface area contributed by atoms with E-state index in [0.29, 0.717) is 17.8 Å². The zero-order chi connectivity index (χ0) is 17.2. The molecule has 24 heavy (non-hydrogen) atoms. The van der Waals surface area contributed by atoms with Crippen molar-refractivity contribution in [2.24, 2.45) is 5.73 Å². The van der Waals surface area contributed by atoms with E-state index >= 15 is 0 Å². The summed E-state index contributed by atoms with van der Waals surface area (Å²) in [5.74, 6) is -0.333. The minimum Gasteiger partial charge on any atom is -0.345 e. The molecular weight excluding hydrogens is 325 g/mol. The first-order valence-corrected chi connectivity index (χ1v) is 9.06. The molecule has 0 bridgehead atoms. The second kappa shape index (κ2) is 6.99. The summed E-state index contributed by atoms with van der Waals surface area (Å²) < 4.78 is 13.0. The lowest BCUT2D eigenvalue weighted by Crippen LogP contribution is -2.51. The Balaban J connectivity index is 1.73. The van der Waals surface area contributed by atoms with Gasteiger partial charge in [-0.15, -0.1) is 11.3 Å². The molecule has 128 valence electrons. The van der Waals surface area contributed by atoms with Crippen LogP contribution in [0.5, 0.6) is 0 Å². The normalized spacial score (nSPS) is 16.3. The molecule has 4 nitrogen and oxygen atoms in total. The van der Waals surface area contributed by atoms with Crippen molar-refractivity contribution in [1.29, 1.82) is 0 Å². The number of nitrogens with one attached hydrogen (secondary N) is 1. The van der Waals surface area contributed by atoms with Crippen molar-refractivity contribution in [3.05, 3.63) is 51.2 Å². The van der Waals surface area contributed by atoms with Crippen LogP contribution in [0.3, 0.4) is 0 Å². The quantitative estimate of drug-likeness (QED) is 0.873. The van der Waals surface area contributed by atoms with Crippen LogP contribution in [-0.4, -0.2) is 23.0 Å². The molecule has 3 N–H and O–H groups in total. The number of rotatable bonds is 5. The first-order valence-electron chi connectivity index (χ1n) is 8.25. The number of carbonyl (C=O) groups excluding carboxylic acids is 1. The van der Waals surface area contributed by atoms with E-state index in [-0.39, 0.29) is 17.3 Å². The standard InChI is InChI=1S/C18H22FN3OS/c1-12-16(17(23)22-18(11-20)8-2-3-9-18)24-15(21-12)10-13-4-6-14(19)7-5-13/h4-7H,2-3,8-11,20H2,1H3,(H,22,23). The van der Waals surface area contributed by atoms with Gasteiger partial charge in [-0.1, -0.05) is 25.0 Å².